The van der Waals surface area contributed by atoms with Crippen LogP contribution in [0.1, 0.15) is 0 Å². The maximum Gasteiger partial charge on any atom is 0 e. The molecule has 0 unspecified atom stereocenters. The fourth-order valence-corrected chi connectivity index (χ4v) is 0. The zero-order valence-corrected chi connectivity index (χ0v) is 10.2. The Morgan fingerprint density at radius 2 is 0.375 bits per heavy atom. The van der Waals surface area contributed by atoms with Gasteiger partial charge in [-0.05, 0) is 0 Å². The largest absolute Gasteiger partial charge is 0 e. The molecule has 90 valence electrons. The standard InChI is InChI=1S/6CHN.Fe.K.2Ni.H/c6*1-2;;;;;/h6*1H;;;;;. The smallest absolute Gasteiger partial charge is 0 e. The topological polar surface area (TPSA) is 143 Å². The van der Waals surface area contributed by atoms with Gasteiger partial charge in [-0.3, -0.25) is 0 Å². The van der Waals surface area contributed by atoms with Crippen LogP contribution in [0.4, 0.5) is 0 Å². The second-order valence-electron chi connectivity index (χ2n) is 0. The van der Waals surface area contributed by atoms with Crippen molar-refractivity contribution in [3.8, 4) is 39.4 Å². The average molecular weight is 375 g/mol. The first kappa shape index (κ1) is 98.9. The summed E-state index contributed by atoms with van der Waals surface area (Å²) in [5, 5.41) is 39.0. The Balaban J connectivity index is -0.00000000321. The van der Waals surface area contributed by atoms with Crippen molar-refractivity contribution in [2.45, 2.75) is 0 Å². The second kappa shape index (κ2) is 436000. The predicted molar refractivity (Wildman–Crippen MR) is 47.2 cm³/mol. The fraction of sp³-hybridized carbons (Fsp3) is 0. The van der Waals surface area contributed by atoms with Crippen LogP contribution in [-0.4, -0.2) is 51.4 Å². The zero-order valence-electron chi connectivity index (χ0n) is 7.13. The van der Waals surface area contributed by atoms with Crippen LogP contribution in [0.25, 0.3) is 0 Å². The van der Waals surface area contributed by atoms with Crippen molar-refractivity contribution in [1.82, 2.24) is 0 Å². The van der Waals surface area contributed by atoms with Gasteiger partial charge in [0.25, 0.3) is 0 Å². The Morgan fingerprint density at radius 1 is 0.375 bits per heavy atom. The molecule has 16 heavy (non-hydrogen) atoms. The monoisotopic (exact) mass is 374 g/mol. The van der Waals surface area contributed by atoms with Gasteiger partial charge in [-0.2, -0.15) is 0 Å². The Bertz CT molecular complexity index is 106. The van der Waals surface area contributed by atoms with Gasteiger partial charge < -0.3 is 0 Å². The van der Waals surface area contributed by atoms with E-state index in [-0.39, 0.29) is 101 Å². The maximum absolute atomic E-state index is 6.50. The van der Waals surface area contributed by atoms with Gasteiger partial charge in [0, 0.05) is 89.5 Å². The molecule has 0 rings (SSSR count). The molecule has 0 aromatic carbocycles. The summed E-state index contributed by atoms with van der Waals surface area (Å²) >= 11 is 0. The third-order valence-corrected chi connectivity index (χ3v) is 0. The van der Waals surface area contributed by atoms with Crippen LogP contribution in [-0.2, 0) is 50.1 Å². The van der Waals surface area contributed by atoms with Crippen LogP contribution in [0, 0.1) is 71.0 Å². The van der Waals surface area contributed by atoms with Crippen LogP contribution in [0.2, 0.25) is 0 Å². The second-order valence-corrected chi connectivity index (χ2v) is 0. The number of hydrogen-bond acceptors (Lipinski definition) is 6. The summed E-state index contributed by atoms with van der Waals surface area (Å²) in [7, 11) is 0. The van der Waals surface area contributed by atoms with Gasteiger partial charge in [-0.25, -0.2) is 31.6 Å². The Hall–Kier alpha value is 0.0829. The van der Waals surface area contributed by atoms with E-state index in [0.29, 0.717) is 0 Å². The Morgan fingerprint density at radius 3 is 0.375 bits per heavy atom. The molecule has 0 heterocycles. The summed E-state index contributed by atoms with van der Waals surface area (Å²) in [6.07, 6.45) is 0. The van der Waals surface area contributed by atoms with Crippen LogP contribution < -0.4 is 0 Å². The molecule has 0 aliphatic heterocycles. The number of rotatable bonds is 0. The van der Waals surface area contributed by atoms with Crippen molar-refractivity contribution in [2.24, 2.45) is 0 Å². The minimum Gasteiger partial charge on any atom is 0 e. The third-order valence-electron chi connectivity index (χ3n) is 0. The van der Waals surface area contributed by atoms with Gasteiger partial charge in [0.1, 0.15) is 0 Å². The van der Waals surface area contributed by atoms with E-state index in [9.17, 15) is 0 Å². The molecular weight excluding hydrogens is 368 g/mol. The van der Waals surface area contributed by atoms with Crippen LogP contribution >= 0.6 is 0 Å². The van der Waals surface area contributed by atoms with E-state index in [4.69, 9.17) is 31.6 Å². The molecule has 0 saturated heterocycles. The summed E-state index contributed by atoms with van der Waals surface area (Å²) in [4.78, 5) is 0. The van der Waals surface area contributed by atoms with Crippen LogP contribution in [0.15, 0.2) is 0 Å². The minimum atomic E-state index is 0. The van der Waals surface area contributed by atoms with E-state index in [0.717, 1.165) is 0 Å². The summed E-state index contributed by atoms with van der Waals surface area (Å²) < 4.78 is 0. The molecule has 0 aliphatic rings. The summed E-state index contributed by atoms with van der Waals surface area (Å²) in [6, 6.07) is 0. The van der Waals surface area contributed by atoms with E-state index in [1.54, 1.807) is 0 Å². The molecule has 0 saturated carbocycles. The summed E-state index contributed by atoms with van der Waals surface area (Å²) in [6.45, 7) is 21.0. The molecule has 0 atom stereocenters. The van der Waals surface area contributed by atoms with Gasteiger partial charge in [0.15, 0.2) is 0 Å². The van der Waals surface area contributed by atoms with Crippen molar-refractivity contribution in [3.05, 3.63) is 0 Å². The average Bonchev–Trinajstić information content (AvgIpc) is 2.33. The predicted octanol–water partition coefficient (Wildman–Crippen LogP) is 0.183. The molecule has 10 heteroatoms. The number of hydrogen-bond donors (Lipinski definition) is 0. The molecule has 0 N–H and O–H groups in total. The van der Waals surface area contributed by atoms with E-state index < -0.39 is 0 Å². The molecule has 0 amide bonds. The number of nitriles is 6. The molecule has 0 radical (unpaired) electrons. The molecule has 0 fully saturated rings. The van der Waals surface area contributed by atoms with E-state index in [2.05, 4.69) is 39.4 Å². The van der Waals surface area contributed by atoms with Crippen molar-refractivity contribution in [3.63, 3.8) is 0 Å². The van der Waals surface area contributed by atoms with Gasteiger partial charge >= 0.3 is 51.4 Å². The third kappa shape index (κ3) is 351000. The Kier molecular flexibility index (Phi) is 2690000. The quantitative estimate of drug-likeness (QED) is 0.553. The first-order valence-corrected chi connectivity index (χ1v) is 1.55. The SMILES string of the molecule is C#N.C#N.C#N.C#N.C#N.C#N.[Fe].[KH].[Ni].[Ni]. The van der Waals surface area contributed by atoms with Crippen molar-refractivity contribution >= 4 is 51.4 Å². The van der Waals surface area contributed by atoms with Crippen LogP contribution in [0.3, 0.4) is 0 Å². The summed E-state index contributed by atoms with van der Waals surface area (Å²) in [5.41, 5.74) is 0. The van der Waals surface area contributed by atoms with E-state index in [1.807, 2.05) is 0 Å². The molecule has 0 aliphatic carbocycles. The molecular formula is C6H7FeKN6Ni2. The van der Waals surface area contributed by atoms with Crippen molar-refractivity contribution in [1.29, 1.82) is 31.6 Å². The molecule has 0 bridgehead atoms. The molecule has 0 aromatic rings. The molecule has 0 spiro atoms. The maximum atomic E-state index is 6.50. The van der Waals surface area contributed by atoms with E-state index in [1.165, 1.54) is 0 Å². The molecule has 6 nitrogen and oxygen atoms in total. The van der Waals surface area contributed by atoms with Gasteiger partial charge in [-0.15, -0.1) is 0 Å². The first-order chi connectivity index (χ1) is 6.00. The van der Waals surface area contributed by atoms with Gasteiger partial charge in [0.2, 0.25) is 0 Å². The molecule has 0 aromatic heterocycles. The van der Waals surface area contributed by atoms with Crippen molar-refractivity contribution < 1.29 is 50.1 Å². The van der Waals surface area contributed by atoms with Crippen LogP contribution in [0.5, 0.6) is 0 Å². The van der Waals surface area contributed by atoms with Gasteiger partial charge in [0.05, 0.1) is 0 Å². The Labute approximate surface area is 170 Å². The number of nitrogens with zero attached hydrogens (tertiary/aromatic N) is 6. The minimum absolute atomic E-state index is 0. The first-order valence-electron chi connectivity index (χ1n) is 1.55. The van der Waals surface area contributed by atoms with Crippen molar-refractivity contribution in [2.75, 3.05) is 0 Å². The zero-order chi connectivity index (χ0) is 12.0. The van der Waals surface area contributed by atoms with E-state index >= 15 is 0 Å². The fourth-order valence-electron chi connectivity index (χ4n) is 0. The normalized spacial score (nSPS) is 0.750. The summed E-state index contributed by atoms with van der Waals surface area (Å²) in [5.74, 6) is 0. The van der Waals surface area contributed by atoms with Gasteiger partial charge in [-0.1, -0.05) is 0 Å².